The molecule has 0 bridgehead atoms. The second kappa shape index (κ2) is 1.92. The van der Waals surface area contributed by atoms with Gasteiger partial charge in [-0.1, -0.05) is 12.1 Å². The van der Waals surface area contributed by atoms with Crippen LogP contribution < -0.4 is 0 Å². The molecule has 3 aliphatic rings. The maximum Gasteiger partial charge on any atom is 0.0994 e. The fourth-order valence-corrected chi connectivity index (χ4v) is 3.96. The van der Waals surface area contributed by atoms with Gasteiger partial charge in [0.15, 0.2) is 0 Å². The van der Waals surface area contributed by atoms with Crippen molar-refractivity contribution in [2.75, 3.05) is 0 Å². The van der Waals surface area contributed by atoms with Gasteiger partial charge in [0.25, 0.3) is 0 Å². The van der Waals surface area contributed by atoms with Crippen LogP contribution in [0.15, 0.2) is 18.2 Å². The number of rotatable bonds is 0. The van der Waals surface area contributed by atoms with Crippen LogP contribution in [0.4, 0.5) is 0 Å². The smallest absolute Gasteiger partial charge is 0.0994 e. The van der Waals surface area contributed by atoms with Gasteiger partial charge in [-0.3, -0.25) is 0 Å². The third-order valence-corrected chi connectivity index (χ3v) is 4.63. The number of hydrogen-bond acceptors (Lipinski definition) is 2. The Balaban J connectivity index is 2.02. The molecule has 3 aliphatic carbocycles. The molecule has 0 radical (unpaired) electrons. The van der Waals surface area contributed by atoms with E-state index in [9.17, 15) is 5.26 Å². The average molecular weight is 192 g/mol. The lowest BCUT2D eigenvalue weighted by atomic mass is 9.70. The Morgan fingerprint density at radius 2 is 2.20 bits per heavy atom. The van der Waals surface area contributed by atoms with Crippen LogP contribution >= 0.6 is 0 Å². The molecule has 0 spiro atoms. The maximum absolute atomic E-state index is 9.27. The van der Waals surface area contributed by atoms with Crippen LogP contribution in [0.2, 0.25) is 0 Å². The summed E-state index contributed by atoms with van der Waals surface area (Å²) in [6.45, 7) is 0. The summed E-state index contributed by atoms with van der Waals surface area (Å²) in [6, 6.07) is 10.7. The zero-order valence-electron chi connectivity index (χ0n) is 8.07. The first-order valence-electron chi connectivity index (χ1n) is 5.28. The number of fused-ring (bicyclic) bond motifs is 4. The number of nitrogens with zero attached hydrogens (tertiary/aromatic N) is 2. The Kier molecular flexibility index (Phi) is 0.960. The van der Waals surface area contributed by atoms with Crippen molar-refractivity contribution in [3.8, 4) is 12.1 Å². The lowest BCUT2D eigenvalue weighted by molar-refractivity contribution is 0.311. The number of hydrogen-bond donors (Lipinski definition) is 0. The predicted molar refractivity (Wildman–Crippen MR) is 52.8 cm³/mol. The number of nitriles is 2. The van der Waals surface area contributed by atoms with Crippen LogP contribution in [0, 0.1) is 34.0 Å². The minimum Gasteiger partial charge on any atom is -0.198 e. The molecule has 0 N–H and O–H groups in total. The van der Waals surface area contributed by atoms with Gasteiger partial charge in [0.2, 0.25) is 0 Å². The highest BCUT2D eigenvalue weighted by Crippen LogP contribution is 2.87. The molecule has 4 rings (SSSR count). The van der Waals surface area contributed by atoms with Gasteiger partial charge >= 0.3 is 0 Å². The summed E-state index contributed by atoms with van der Waals surface area (Å²) in [5, 5.41) is 18.3. The fraction of sp³-hybridized carbons (Fsp3) is 0.385. The van der Waals surface area contributed by atoms with E-state index in [4.69, 9.17) is 5.26 Å². The SMILES string of the molecule is N#Cc1cccc2c1[C@@H]1[C@@H]3C[C@@H]2[C@@]13C#N. The third-order valence-electron chi connectivity index (χ3n) is 4.63. The molecule has 2 nitrogen and oxygen atoms in total. The van der Waals surface area contributed by atoms with Crippen molar-refractivity contribution < 1.29 is 0 Å². The topological polar surface area (TPSA) is 47.6 Å². The first kappa shape index (κ1) is 7.49. The molecule has 15 heavy (non-hydrogen) atoms. The zero-order chi connectivity index (χ0) is 10.2. The van der Waals surface area contributed by atoms with Crippen molar-refractivity contribution in [1.29, 1.82) is 10.5 Å². The van der Waals surface area contributed by atoms with Crippen LogP contribution in [-0.4, -0.2) is 0 Å². The van der Waals surface area contributed by atoms with E-state index in [0.717, 1.165) is 5.56 Å². The maximum atomic E-state index is 9.27. The summed E-state index contributed by atoms with van der Waals surface area (Å²) < 4.78 is 0. The van der Waals surface area contributed by atoms with Crippen LogP contribution in [0.25, 0.3) is 0 Å². The van der Waals surface area contributed by atoms with Crippen molar-refractivity contribution in [3.63, 3.8) is 0 Å². The molecular formula is C13H8N2. The fourth-order valence-electron chi connectivity index (χ4n) is 3.96. The van der Waals surface area contributed by atoms with Gasteiger partial charge in [0.1, 0.15) is 0 Å². The Labute approximate surface area is 87.8 Å². The van der Waals surface area contributed by atoms with Crippen LogP contribution in [-0.2, 0) is 0 Å². The van der Waals surface area contributed by atoms with Crippen molar-refractivity contribution in [3.05, 3.63) is 34.9 Å². The van der Waals surface area contributed by atoms with Gasteiger partial charge < -0.3 is 0 Å². The summed E-state index contributed by atoms with van der Waals surface area (Å²) in [5.74, 6) is 1.38. The minimum atomic E-state index is -0.0880. The predicted octanol–water partition coefficient (Wildman–Crippen LogP) is 2.28. The van der Waals surface area contributed by atoms with Gasteiger partial charge in [-0.2, -0.15) is 10.5 Å². The number of benzene rings is 1. The van der Waals surface area contributed by atoms with Gasteiger partial charge in [-0.15, -0.1) is 0 Å². The first-order valence-corrected chi connectivity index (χ1v) is 5.28. The van der Waals surface area contributed by atoms with Crippen LogP contribution in [0.3, 0.4) is 0 Å². The highest BCUT2D eigenvalue weighted by atomic mass is 14.8. The highest BCUT2D eigenvalue weighted by Gasteiger charge is 2.81. The summed E-state index contributed by atoms with van der Waals surface area (Å²) in [7, 11) is 0. The summed E-state index contributed by atoms with van der Waals surface area (Å²) in [4.78, 5) is 0. The summed E-state index contributed by atoms with van der Waals surface area (Å²) in [5.41, 5.74) is 3.18. The normalized spacial score (nSPS) is 41.9. The summed E-state index contributed by atoms with van der Waals surface area (Å²) >= 11 is 0. The van der Waals surface area contributed by atoms with E-state index in [1.807, 2.05) is 12.1 Å². The largest absolute Gasteiger partial charge is 0.198 e. The molecule has 2 fully saturated rings. The molecule has 0 heterocycles. The Morgan fingerprint density at radius 1 is 1.33 bits per heavy atom. The van der Waals surface area contributed by atoms with Gasteiger partial charge in [-0.25, -0.2) is 0 Å². The van der Waals surface area contributed by atoms with E-state index in [-0.39, 0.29) is 5.41 Å². The molecule has 2 saturated carbocycles. The lowest BCUT2D eigenvalue weighted by Gasteiger charge is -2.31. The minimum absolute atomic E-state index is 0.0880. The van der Waals surface area contributed by atoms with E-state index in [1.165, 1.54) is 17.5 Å². The Hall–Kier alpha value is -1.80. The van der Waals surface area contributed by atoms with E-state index in [2.05, 4.69) is 18.2 Å². The molecule has 0 aromatic heterocycles. The van der Waals surface area contributed by atoms with E-state index < -0.39 is 0 Å². The van der Waals surface area contributed by atoms with Crippen molar-refractivity contribution >= 4 is 0 Å². The van der Waals surface area contributed by atoms with Crippen LogP contribution in [0.1, 0.15) is 34.9 Å². The molecule has 0 saturated heterocycles. The zero-order valence-corrected chi connectivity index (χ0v) is 8.07. The second-order valence-corrected chi connectivity index (χ2v) is 4.84. The molecule has 0 aliphatic heterocycles. The van der Waals surface area contributed by atoms with Crippen molar-refractivity contribution in [1.82, 2.24) is 0 Å². The Morgan fingerprint density at radius 3 is 2.93 bits per heavy atom. The molecule has 70 valence electrons. The highest BCUT2D eigenvalue weighted by molar-refractivity contribution is 5.64. The molecule has 0 unspecified atom stereocenters. The lowest BCUT2D eigenvalue weighted by Crippen LogP contribution is -2.24. The van der Waals surface area contributed by atoms with E-state index >= 15 is 0 Å². The van der Waals surface area contributed by atoms with Gasteiger partial charge in [-0.05, 0) is 29.5 Å². The first-order chi connectivity index (χ1) is 7.34. The third kappa shape index (κ3) is 0.524. The molecule has 2 heteroatoms. The van der Waals surface area contributed by atoms with E-state index in [0.29, 0.717) is 17.8 Å². The van der Waals surface area contributed by atoms with Crippen molar-refractivity contribution in [2.45, 2.75) is 18.3 Å². The van der Waals surface area contributed by atoms with Gasteiger partial charge in [0, 0.05) is 11.8 Å². The molecular weight excluding hydrogens is 184 g/mol. The van der Waals surface area contributed by atoms with Crippen LogP contribution in [0.5, 0.6) is 0 Å². The molecule has 1 aromatic carbocycles. The quantitative estimate of drug-likeness (QED) is 0.633. The standard InChI is InChI=1S/C13H8N2/c14-5-7-2-1-3-8-9-4-10-12(11(7)8)13(9,10)6-15/h1-3,9-10,12H,4H2/t9-,10-,12-,13+/m0/s1. The molecule has 4 atom stereocenters. The second-order valence-electron chi connectivity index (χ2n) is 4.84. The Bertz CT molecular complexity index is 575. The molecule has 1 aromatic rings. The van der Waals surface area contributed by atoms with Crippen molar-refractivity contribution in [2.24, 2.45) is 11.3 Å². The summed E-state index contributed by atoms with van der Waals surface area (Å²) in [6.07, 6.45) is 1.17. The molecule has 0 amide bonds. The van der Waals surface area contributed by atoms with Gasteiger partial charge in [0.05, 0.1) is 23.1 Å². The average Bonchev–Trinajstić information content (AvgIpc) is 2.69. The van der Waals surface area contributed by atoms with E-state index in [1.54, 1.807) is 0 Å². The monoisotopic (exact) mass is 192 g/mol.